The molecule has 234 valence electrons. The van der Waals surface area contributed by atoms with Gasteiger partial charge >= 0.3 is 5.69 Å². The summed E-state index contributed by atoms with van der Waals surface area (Å²) in [6.45, 7) is 5.40. The number of pyridine rings is 1. The van der Waals surface area contributed by atoms with Crippen LogP contribution in [0.1, 0.15) is 76.1 Å². The van der Waals surface area contributed by atoms with Gasteiger partial charge in [0.25, 0.3) is 0 Å². The summed E-state index contributed by atoms with van der Waals surface area (Å²) in [5.74, 6) is 0.734. The van der Waals surface area contributed by atoms with Crippen LogP contribution < -0.4 is 22.5 Å². The van der Waals surface area contributed by atoms with Crippen molar-refractivity contribution in [2.24, 2.45) is 22.4 Å². The Bertz CT molecular complexity index is 1660. The maximum atomic E-state index is 15.2. The molecule has 0 bridgehead atoms. The van der Waals surface area contributed by atoms with Crippen LogP contribution in [0.2, 0.25) is 5.02 Å². The number of aromatic amines is 1. The molecule has 2 atom stereocenters. The second kappa shape index (κ2) is 14.5. The number of hydrogen-bond acceptors (Lipinski definition) is 6. The number of nitrogens with two attached hydrogens (primary N) is 2. The highest BCUT2D eigenvalue weighted by Gasteiger charge is 2.27. The first-order valence-electron chi connectivity index (χ1n) is 15.6. The Morgan fingerprint density at radius 1 is 1.25 bits per heavy atom. The first-order chi connectivity index (χ1) is 21.2. The number of rotatable bonds is 15. The van der Waals surface area contributed by atoms with E-state index in [-0.39, 0.29) is 17.1 Å². The monoisotopic (exact) mass is 620 g/mol. The van der Waals surface area contributed by atoms with E-state index in [1.165, 1.54) is 17.4 Å². The zero-order chi connectivity index (χ0) is 31.2. The second-order valence-corrected chi connectivity index (χ2v) is 12.2. The van der Waals surface area contributed by atoms with Gasteiger partial charge < -0.3 is 21.8 Å². The van der Waals surface area contributed by atoms with Crippen LogP contribution in [0.4, 0.5) is 4.39 Å². The van der Waals surface area contributed by atoms with Crippen molar-refractivity contribution in [3.8, 4) is 16.9 Å². The van der Waals surface area contributed by atoms with Crippen LogP contribution in [0.15, 0.2) is 52.5 Å². The summed E-state index contributed by atoms with van der Waals surface area (Å²) in [5, 5.41) is 4.29. The number of aliphatic imine (C=N–C) groups is 1. The first kappa shape index (κ1) is 31.8. The molecule has 5 rings (SSSR count). The molecule has 1 fully saturated rings. The average molecular weight is 621 g/mol. The molecule has 1 aliphatic rings. The van der Waals surface area contributed by atoms with Gasteiger partial charge in [0.2, 0.25) is 0 Å². The van der Waals surface area contributed by atoms with E-state index in [0.717, 1.165) is 56.3 Å². The maximum Gasteiger partial charge on any atom is 0.354 e. The summed E-state index contributed by atoms with van der Waals surface area (Å²) >= 11 is 6.30. The third-order valence-electron chi connectivity index (χ3n) is 8.19. The summed E-state index contributed by atoms with van der Waals surface area (Å²) in [6.07, 6.45) is 11.2. The third-order valence-corrected chi connectivity index (χ3v) is 8.46. The standard InChI is InChI=1S/C33H42ClFN8O/c1-3-6-28(39-14-5-13-38-20(2)36)29-12-11-24(18-40-29)43-19-23-17-30(41-32(23)42-33(43)44)25-15-21(16-26(34)31(25)35)7-4-8-27(37)22-9-10-22/h11-12,15-19,22,27-28,39H,3-10,13-14,37H2,1-2H3,(H2,36,38)(H,41,42,44). The molecular weight excluding hydrogens is 579 g/mol. The molecular formula is C33H42ClFN8O. The summed E-state index contributed by atoms with van der Waals surface area (Å²) in [7, 11) is 0. The number of halogens is 2. The molecule has 9 nitrogen and oxygen atoms in total. The fourth-order valence-corrected chi connectivity index (χ4v) is 5.85. The van der Waals surface area contributed by atoms with Crippen molar-refractivity contribution in [3.63, 3.8) is 0 Å². The number of amidine groups is 1. The minimum absolute atomic E-state index is 0.0661. The zero-order valence-corrected chi connectivity index (χ0v) is 26.2. The van der Waals surface area contributed by atoms with Gasteiger partial charge in [-0.15, -0.1) is 0 Å². The Morgan fingerprint density at radius 2 is 2.07 bits per heavy atom. The topological polar surface area (TPSA) is 140 Å². The second-order valence-electron chi connectivity index (χ2n) is 11.8. The van der Waals surface area contributed by atoms with Crippen molar-refractivity contribution in [3.05, 3.63) is 75.3 Å². The van der Waals surface area contributed by atoms with Crippen LogP contribution in [-0.2, 0) is 6.42 Å². The normalized spacial score (nSPS) is 15.2. The SMILES string of the molecule is CCCC(NCCCN=C(C)N)c1ccc(-n2cc3cc(-c4cc(CCCC(N)C5CC5)cc(Cl)c4F)[nH]c3nc2=O)cn1. The molecule has 0 spiro atoms. The predicted molar refractivity (Wildman–Crippen MR) is 176 cm³/mol. The van der Waals surface area contributed by atoms with Crippen LogP contribution in [0, 0.1) is 11.7 Å². The fraction of sp³-hybridized carbons (Fsp3) is 0.455. The number of nitrogens with one attached hydrogen (secondary N) is 2. The van der Waals surface area contributed by atoms with Crippen molar-refractivity contribution in [2.45, 2.75) is 77.3 Å². The third kappa shape index (κ3) is 7.91. The molecule has 11 heteroatoms. The van der Waals surface area contributed by atoms with Crippen molar-refractivity contribution in [2.75, 3.05) is 13.1 Å². The average Bonchev–Trinajstić information content (AvgIpc) is 3.78. The zero-order valence-electron chi connectivity index (χ0n) is 25.5. The Kier molecular flexibility index (Phi) is 10.5. The number of hydrogen-bond donors (Lipinski definition) is 4. The van der Waals surface area contributed by atoms with E-state index in [1.807, 2.05) is 18.2 Å². The fourth-order valence-electron chi connectivity index (χ4n) is 5.61. The van der Waals surface area contributed by atoms with E-state index >= 15 is 4.39 Å². The Balaban J connectivity index is 1.33. The van der Waals surface area contributed by atoms with Gasteiger partial charge in [-0.2, -0.15) is 4.98 Å². The van der Waals surface area contributed by atoms with Crippen LogP contribution in [0.5, 0.6) is 0 Å². The molecule has 4 aromatic rings. The van der Waals surface area contributed by atoms with Gasteiger partial charge in [-0.3, -0.25) is 14.5 Å². The smallest absolute Gasteiger partial charge is 0.354 e. The number of nitrogens with zero attached hydrogens (tertiary/aromatic N) is 4. The molecule has 0 radical (unpaired) electrons. The molecule has 0 amide bonds. The molecule has 6 N–H and O–H groups in total. The van der Waals surface area contributed by atoms with Crippen molar-refractivity contribution in [1.29, 1.82) is 0 Å². The number of aromatic nitrogens is 4. The van der Waals surface area contributed by atoms with Crippen LogP contribution in [0.25, 0.3) is 28.0 Å². The molecule has 3 heterocycles. The van der Waals surface area contributed by atoms with Crippen molar-refractivity contribution < 1.29 is 4.39 Å². The van der Waals surface area contributed by atoms with Crippen molar-refractivity contribution >= 4 is 28.5 Å². The molecule has 1 aliphatic carbocycles. The van der Waals surface area contributed by atoms with E-state index in [2.05, 4.69) is 32.2 Å². The van der Waals surface area contributed by atoms with Gasteiger partial charge in [0.15, 0.2) is 5.82 Å². The first-order valence-corrected chi connectivity index (χ1v) is 15.9. The van der Waals surface area contributed by atoms with E-state index in [1.54, 1.807) is 31.5 Å². The highest BCUT2D eigenvalue weighted by atomic mass is 35.5. The summed E-state index contributed by atoms with van der Waals surface area (Å²) in [4.78, 5) is 29.3. The largest absolute Gasteiger partial charge is 0.388 e. The molecule has 0 aliphatic heterocycles. The Morgan fingerprint density at radius 3 is 2.77 bits per heavy atom. The predicted octanol–water partition coefficient (Wildman–Crippen LogP) is 5.83. The summed E-state index contributed by atoms with van der Waals surface area (Å²) in [5.41, 5.74) is 15.1. The molecule has 1 aromatic carbocycles. The number of fused-ring (bicyclic) bond motifs is 1. The quantitative estimate of drug-likeness (QED) is 0.0749. The van der Waals surface area contributed by atoms with Gasteiger partial charge in [0.05, 0.1) is 34.1 Å². The lowest BCUT2D eigenvalue weighted by Gasteiger charge is -2.18. The van der Waals surface area contributed by atoms with E-state index in [0.29, 0.717) is 46.3 Å². The minimum atomic E-state index is -0.510. The number of benzene rings is 1. The minimum Gasteiger partial charge on any atom is -0.388 e. The molecule has 0 saturated heterocycles. The molecule has 3 aromatic heterocycles. The summed E-state index contributed by atoms with van der Waals surface area (Å²) < 4.78 is 16.7. The van der Waals surface area contributed by atoms with Gasteiger partial charge in [-0.05, 0) is 100 Å². The number of aryl methyl sites for hydroxylation is 1. The van der Waals surface area contributed by atoms with E-state index in [9.17, 15) is 4.79 Å². The van der Waals surface area contributed by atoms with Gasteiger partial charge in [0, 0.05) is 35.8 Å². The van der Waals surface area contributed by atoms with Gasteiger partial charge in [-0.25, -0.2) is 9.18 Å². The van der Waals surface area contributed by atoms with Gasteiger partial charge in [-0.1, -0.05) is 24.9 Å². The lowest BCUT2D eigenvalue weighted by molar-refractivity contribution is 0.480. The molecule has 44 heavy (non-hydrogen) atoms. The van der Waals surface area contributed by atoms with Crippen LogP contribution in [0.3, 0.4) is 0 Å². The highest BCUT2D eigenvalue weighted by Crippen LogP contribution is 2.34. The van der Waals surface area contributed by atoms with Crippen LogP contribution >= 0.6 is 11.6 Å². The number of H-pyrrole nitrogens is 1. The Hall–Kier alpha value is -3.60. The molecule has 2 unspecified atom stereocenters. The Labute approximate surface area is 262 Å². The maximum absolute atomic E-state index is 15.2. The highest BCUT2D eigenvalue weighted by molar-refractivity contribution is 6.31. The van der Waals surface area contributed by atoms with Crippen LogP contribution in [-0.4, -0.2) is 44.5 Å². The lowest BCUT2D eigenvalue weighted by Crippen LogP contribution is -2.24. The van der Waals surface area contributed by atoms with E-state index < -0.39 is 11.5 Å². The lowest BCUT2D eigenvalue weighted by atomic mass is 10.00. The van der Waals surface area contributed by atoms with Crippen molar-refractivity contribution in [1.82, 2.24) is 24.8 Å². The summed E-state index contributed by atoms with van der Waals surface area (Å²) in [6, 6.07) is 9.42. The van der Waals surface area contributed by atoms with E-state index in [4.69, 9.17) is 23.1 Å². The van der Waals surface area contributed by atoms with Gasteiger partial charge in [0.1, 0.15) is 5.65 Å². The molecule has 1 saturated carbocycles.